The van der Waals surface area contributed by atoms with Crippen molar-refractivity contribution in [1.29, 1.82) is 0 Å². The number of rotatable bonds is 7. The number of pyridine rings is 1. The molecule has 1 aliphatic heterocycles. The predicted octanol–water partition coefficient (Wildman–Crippen LogP) is 2.53. The highest BCUT2D eigenvalue weighted by atomic mass is 19.4. The summed E-state index contributed by atoms with van der Waals surface area (Å²) in [6.07, 6.45) is -1.58. The van der Waals surface area contributed by atoms with Crippen LogP contribution >= 0.6 is 0 Å². The average Bonchev–Trinajstić information content (AvgIpc) is 3.16. The van der Waals surface area contributed by atoms with Gasteiger partial charge in [0.1, 0.15) is 5.75 Å². The van der Waals surface area contributed by atoms with Crippen molar-refractivity contribution in [3.63, 3.8) is 0 Å². The van der Waals surface area contributed by atoms with Crippen LogP contribution in [0.4, 0.5) is 18.9 Å². The second-order valence-electron chi connectivity index (χ2n) is 7.76. The Kier molecular flexibility index (Phi) is 5.81. The lowest BCUT2D eigenvalue weighted by molar-refractivity contribution is -0.274. The zero-order valence-corrected chi connectivity index (χ0v) is 16.4. The first-order valence-corrected chi connectivity index (χ1v) is 9.85. The van der Waals surface area contributed by atoms with Crippen molar-refractivity contribution >= 4 is 17.5 Å². The summed E-state index contributed by atoms with van der Waals surface area (Å²) < 4.78 is 40.8. The van der Waals surface area contributed by atoms with Gasteiger partial charge in [-0.05, 0) is 48.1 Å². The number of likely N-dealkylation sites (tertiary alicyclic amines) is 1. The summed E-state index contributed by atoms with van der Waals surface area (Å²) >= 11 is 0. The smallest absolute Gasteiger partial charge is 0.406 e. The number of fused-ring (bicyclic) bond motifs is 1. The monoisotopic (exact) mass is 434 g/mol. The number of piperidine rings is 1. The van der Waals surface area contributed by atoms with Crippen molar-refractivity contribution in [2.45, 2.75) is 6.36 Å². The molecule has 1 aromatic carbocycles. The molecule has 1 saturated carbocycles. The highest BCUT2D eigenvalue weighted by Gasteiger charge is 2.55. The molecule has 2 atom stereocenters. The third-order valence-electron chi connectivity index (χ3n) is 5.59. The van der Waals surface area contributed by atoms with Gasteiger partial charge in [0.15, 0.2) is 0 Å². The first-order chi connectivity index (χ1) is 14.8. The van der Waals surface area contributed by atoms with Gasteiger partial charge in [-0.3, -0.25) is 19.5 Å². The van der Waals surface area contributed by atoms with Gasteiger partial charge in [-0.1, -0.05) is 6.07 Å². The minimum atomic E-state index is -4.80. The van der Waals surface area contributed by atoms with Gasteiger partial charge in [0.25, 0.3) is 5.91 Å². The van der Waals surface area contributed by atoms with Crippen LogP contribution in [0.2, 0.25) is 0 Å². The summed E-state index contributed by atoms with van der Waals surface area (Å²) in [5.41, 5.74) is 0.767. The van der Waals surface area contributed by atoms with Crippen LogP contribution in [0.1, 0.15) is 10.4 Å². The van der Waals surface area contributed by atoms with Crippen LogP contribution < -0.4 is 15.4 Å². The molecule has 31 heavy (non-hydrogen) atoms. The molecular weight excluding hydrogens is 413 g/mol. The van der Waals surface area contributed by atoms with E-state index < -0.39 is 18.0 Å². The number of halogens is 3. The summed E-state index contributed by atoms with van der Waals surface area (Å²) in [6, 6.07) is 8.52. The Morgan fingerprint density at radius 2 is 1.94 bits per heavy atom. The number of hydrogen-bond acceptors (Lipinski definition) is 5. The fourth-order valence-corrected chi connectivity index (χ4v) is 4.16. The minimum Gasteiger partial charge on any atom is -0.406 e. The average molecular weight is 434 g/mol. The Balaban J connectivity index is 1.19. The Morgan fingerprint density at radius 1 is 1.16 bits per heavy atom. The lowest BCUT2D eigenvalue weighted by atomic mass is 10.2. The molecule has 0 bridgehead atoms. The topological polar surface area (TPSA) is 83.6 Å². The third kappa shape index (κ3) is 5.52. The standard InChI is InChI=1S/C21H21F3N4O3/c22-21(23,24)31-15-5-1-3-13(7-15)20(30)26-9-16-17-10-28(11-18(16)17)12-19(29)27-14-4-2-6-25-8-14/h1-8,16-18H,9-12H2,(H,26,30)(H,27,29). The highest BCUT2D eigenvalue weighted by molar-refractivity contribution is 5.94. The Labute approximate surface area is 176 Å². The summed E-state index contributed by atoms with van der Waals surface area (Å²) in [6.45, 7) is 2.31. The Hall–Kier alpha value is -3.14. The molecule has 1 aliphatic carbocycles. The van der Waals surface area contributed by atoms with Gasteiger partial charge in [0.2, 0.25) is 5.91 Å². The van der Waals surface area contributed by atoms with E-state index in [9.17, 15) is 22.8 Å². The maximum absolute atomic E-state index is 12.3. The number of anilines is 1. The van der Waals surface area contributed by atoms with Gasteiger partial charge in [0, 0.05) is 31.4 Å². The molecule has 2 heterocycles. The number of nitrogens with zero attached hydrogens (tertiary/aromatic N) is 2. The number of ether oxygens (including phenoxy) is 1. The van der Waals surface area contributed by atoms with E-state index in [0.717, 1.165) is 25.2 Å². The normalized spacial score (nSPS) is 22.5. The molecule has 1 aromatic heterocycles. The van der Waals surface area contributed by atoms with Gasteiger partial charge in [-0.15, -0.1) is 13.2 Å². The largest absolute Gasteiger partial charge is 0.573 e. The van der Waals surface area contributed by atoms with Crippen molar-refractivity contribution in [2.24, 2.45) is 17.8 Å². The van der Waals surface area contributed by atoms with Crippen LogP contribution in [0.5, 0.6) is 5.75 Å². The molecule has 2 N–H and O–H groups in total. The second-order valence-corrected chi connectivity index (χ2v) is 7.76. The van der Waals surface area contributed by atoms with E-state index in [1.165, 1.54) is 12.1 Å². The fraction of sp³-hybridized carbons (Fsp3) is 0.381. The molecule has 2 fully saturated rings. The van der Waals surface area contributed by atoms with Crippen LogP contribution in [0, 0.1) is 17.8 Å². The third-order valence-corrected chi connectivity index (χ3v) is 5.59. The van der Waals surface area contributed by atoms with Crippen molar-refractivity contribution in [3.8, 4) is 5.75 Å². The van der Waals surface area contributed by atoms with E-state index in [1.807, 2.05) is 0 Å². The second kappa shape index (κ2) is 8.54. The number of nitrogens with one attached hydrogen (secondary N) is 2. The van der Waals surface area contributed by atoms with Crippen molar-refractivity contribution in [1.82, 2.24) is 15.2 Å². The molecular formula is C21H21F3N4O3. The molecule has 1 saturated heterocycles. The highest BCUT2D eigenvalue weighted by Crippen LogP contribution is 2.51. The van der Waals surface area contributed by atoms with E-state index >= 15 is 0 Å². The number of carbonyl (C=O) groups excluding carboxylic acids is 2. The van der Waals surface area contributed by atoms with Crippen LogP contribution in [0.25, 0.3) is 0 Å². The van der Waals surface area contributed by atoms with Gasteiger partial charge >= 0.3 is 6.36 Å². The quantitative estimate of drug-likeness (QED) is 0.700. The summed E-state index contributed by atoms with van der Waals surface area (Å²) in [5.74, 6) is 0.169. The number of carbonyl (C=O) groups is 2. The number of alkyl halides is 3. The molecule has 7 nitrogen and oxygen atoms in total. The molecule has 2 aliphatic rings. The Bertz CT molecular complexity index is 942. The van der Waals surface area contributed by atoms with Crippen molar-refractivity contribution in [3.05, 3.63) is 54.4 Å². The van der Waals surface area contributed by atoms with Gasteiger partial charge in [-0.25, -0.2) is 0 Å². The van der Waals surface area contributed by atoms with E-state index in [-0.39, 0.29) is 11.5 Å². The van der Waals surface area contributed by atoms with E-state index in [2.05, 4.69) is 25.3 Å². The molecule has 2 amide bonds. The zero-order valence-electron chi connectivity index (χ0n) is 16.4. The van der Waals surface area contributed by atoms with E-state index in [0.29, 0.717) is 36.5 Å². The number of benzene rings is 1. The maximum Gasteiger partial charge on any atom is 0.573 e. The molecule has 0 spiro atoms. The molecule has 10 heteroatoms. The number of amides is 2. The van der Waals surface area contributed by atoms with E-state index in [4.69, 9.17) is 0 Å². The fourth-order valence-electron chi connectivity index (χ4n) is 4.16. The Morgan fingerprint density at radius 3 is 2.61 bits per heavy atom. The lowest BCUT2D eigenvalue weighted by Gasteiger charge is -2.19. The zero-order chi connectivity index (χ0) is 22.0. The van der Waals surface area contributed by atoms with Crippen LogP contribution in [0.15, 0.2) is 48.8 Å². The van der Waals surface area contributed by atoms with Crippen LogP contribution in [-0.2, 0) is 4.79 Å². The van der Waals surface area contributed by atoms with E-state index in [1.54, 1.807) is 24.5 Å². The molecule has 2 unspecified atom stereocenters. The van der Waals surface area contributed by atoms with Gasteiger partial charge < -0.3 is 15.4 Å². The summed E-state index contributed by atoms with van der Waals surface area (Å²) in [4.78, 5) is 30.5. The summed E-state index contributed by atoms with van der Waals surface area (Å²) in [7, 11) is 0. The van der Waals surface area contributed by atoms with Crippen molar-refractivity contribution < 1.29 is 27.5 Å². The molecule has 4 rings (SSSR count). The minimum absolute atomic E-state index is 0.0971. The van der Waals surface area contributed by atoms with Crippen molar-refractivity contribution in [2.75, 3.05) is 31.5 Å². The first kappa shape index (κ1) is 21.1. The molecule has 164 valence electrons. The molecule has 2 aromatic rings. The number of aromatic nitrogens is 1. The first-order valence-electron chi connectivity index (χ1n) is 9.85. The predicted molar refractivity (Wildman–Crippen MR) is 105 cm³/mol. The van der Waals surface area contributed by atoms with Gasteiger partial charge in [0.05, 0.1) is 18.4 Å². The van der Waals surface area contributed by atoms with Crippen LogP contribution in [-0.4, -0.2) is 54.2 Å². The van der Waals surface area contributed by atoms with Gasteiger partial charge in [-0.2, -0.15) is 0 Å². The number of hydrogen-bond donors (Lipinski definition) is 2. The maximum atomic E-state index is 12.3. The SMILES string of the molecule is O=C(CN1CC2C(CNC(=O)c3cccc(OC(F)(F)F)c3)C2C1)Nc1cccnc1. The van der Waals surface area contributed by atoms with Crippen LogP contribution in [0.3, 0.4) is 0 Å². The summed E-state index contributed by atoms with van der Waals surface area (Å²) in [5, 5.41) is 5.59. The lowest BCUT2D eigenvalue weighted by Crippen LogP contribution is -2.35. The molecule has 0 radical (unpaired) electrons.